The Morgan fingerprint density at radius 3 is 2.63 bits per heavy atom. The number of hydrogen-bond acceptors (Lipinski definition) is 2. The third-order valence-corrected chi connectivity index (χ3v) is 3.91. The van der Waals surface area contributed by atoms with Crippen LogP contribution in [0.15, 0.2) is 42.5 Å². The number of nitrogens with one attached hydrogen (secondary N) is 2. The predicted molar refractivity (Wildman–Crippen MR) is 85.3 cm³/mol. The van der Waals surface area contributed by atoms with Crippen molar-refractivity contribution in [1.82, 2.24) is 0 Å². The summed E-state index contributed by atoms with van der Waals surface area (Å²) in [6, 6.07) is 13.7. The van der Waals surface area contributed by atoms with Crippen molar-refractivity contribution in [3.05, 3.63) is 57.2 Å². The highest BCUT2D eigenvalue weighted by molar-refractivity contribution is 14.1. The Hall–Kier alpha value is -1.56. The lowest BCUT2D eigenvalue weighted by Gasteiger charge is -2.13. The van der Waals surface area contributed by atoms with E-state index in [4.69, 9.17) is 0 Å². The first kappa shape index (κ1) is 12.5. The molecule has 0 saturated heterocycles. The Bertz CT molecular complexity index is 637. The number of fused-ring (bicyclic) bond motifs is 1. The molecular weight excluding hydrogens is 351 g/mol. The molecule has 2 N–H and O–H groups in total. The first-order valence-electron chi connectivity index (χ1n) is 6.07. The summed E-state index contributed by atoms with van der Waals surface area (Å²) in [6.45, 7) is 2.03. The maximum absolute atomic E-state index is 12.0. The first-order valence-corrected chi connectivity index (χ1v) is 7.15. The molecule has 19 heavy (non-hydrogen) atoms. The van der Waals surface area contributed by atoms with Crippen LogP contribution in [-0.4, -0.2) is 5.91 Å². The van der Waals surface area contributed by atoms with Gasteiger partial charge < -0.3 is 10.6 Å². The van der Waals surface area contributed by atoms with Crippen molar-refractivity contribution in [2.45, 2.75) is 13.0 Å². The van der Waals surface area contributed by atoms with Gasteiger partial charge in [0.15, 0.2) is 0 Å². The molecule has 1 aliphatic heterocycles. The van der Waals surface area contributed by atoms with Gasteiger partial charge in [-0.25, -0.2) is 0 Å². The largest absolute Gasteiger partial charge is 0.370 e. The molecule has 2 aromatic carbocycles. The normalized spacial score (nSPS) is 16.9. The van der Waals surface area contributed by atoms with Crippen molar-refractivity contribution in [3.63, 3.8) is 0 Å². The molecule has 1 amide bonds. The van der Waals surface area contributed by atoms with Gasteiger partial charge in [0.2, 0.25) is 0 Å². The number of carbonyl (C=O) groups excluding carboxylic acids is 1. The lowest BCUT2D eigenvalue weighted by Crippen LogP contribution is -2.19. The van der Waals surface area contributed by atoms with E-state index in [0.29, 0.717) is 0 Å². The number of carbonyl (C=O) groups is 1. The van der Waals surface area contributed by atoms with E-state index < -0.39 is 0 Å². The minimum absolute atomic E-state index is 0.000787. The lowest BCUT2D eigenvalue weighted by atomic mass is 10.1. The van der Waals surface area contributed by atoms with Crippen LogP contribution in [0.3, 0.4) is 0 Å². The average Bonchev–Trinajstić information content (AvgIpc) is 2.69. The molecule has 0 saturated carbocycles. The summed E-state index contributed by atoms with van der Waals surface area (Å²) in [5.41, 5.74) is 4.03. The molecular formula is C15H13IN2O. The van der Waals surface area contributed by atoms with Gasteiger partial charge in [-0.1, -0.05) is 17.7 Å². The van der Waals surface area contributed by atoms with Crippen molar-refractivity contribution in [3.8, 4) is 0 Å². The molecule has 0 spiro atoms. The second kappa shape index (κ2) is 4.85. The number of hydrogen-bond donors (Lipinski definition) is 2. The number of halogens is 1. The number of rotatable bonds is 2. The van der Waals surface area contributed by atoms with Gasteiger partial charge in [-0.3, -0.25) is 4.79 Å². The monoisotopic (exact) mass is 364 g/mol. The van der Waals surface area contributed by atoms with Crippen molar-refractivity contribution in [1.29, 1.82) is 0 Å². The average molecular weight is 364 g/mol. The van der Waals surface area contributed by atoms with Crippen LogP contribution in [0.4, 0.5) is 11.4 Å². The maximum Gasteiger partial charge on any atom is 0.251 e. The molecule has 0 fully saturated rings. The minimum atomic E-state index is -0.310. The first-order chi connectivity index (χ1) is 9.13. The van der Waals surface area contributed by atoms with Crippen LogP contribution in [0.25, 0.3) is 0 Å². The van der Waals surface area contributed by atoms with Crippen molar-refractivity contribution in [2.24, 2.45) is 0 Å². The highest BCUT2D eigenvalue weighted by atomic mass is 127. The van der Waals surface area contributed by atoms with E-state index in [1.54, 1.807) is 0 Å². The third kappa shape index (κ3) is 2.45. The highest BCUT2D eigenvalue weighted by Crippen LogP contribution is 2.33. The zero-order valence-corrected chi connectivity index (χ0v) is 12.6. The van der Waals surface area contributed by atoms with Crippen molar-refractivity contribution < 1.29 is 4.79 Å². The number of benzene rings is 2. The summed E-state index contributed by atoms with van der Waals surface area (Å²) in [7, 11) is 0. The van der Waals surface area contributed by atoms with E-state index >= 15 is 0 Å². The number of aryl methyl sites for hydroxylation is 1. The molecule has 1 heterocycles. The zero-order valence-electron chi connectivity index (χ0n) is 10.4. The summed E-state index contributed by atoms with van der Waals surface area (Å²) in [4.78, 5) is 12.0. The Labute approximate surface area is 125 Å². The topological polar surface area (TPSA) is 41.1 Å². The van der Waals surface area contributed by atoms with Gasteiger partial charge in [0.25, 0.3) is 5.91 Å². The molecule has 3 rings (SSSR count). The number of anilines is 2. The molecule has 0 aliphatic carbocycles. The van der Waals surface area contributed by atoms with E-state index in [0.717, 1.165) is 22.5 Å². The third-order valence-electron chi connectivity index (χ3n) is 3.19. The quantitative estimate of drug-likeness (QED) is 0.798. The van der Waals surface area contributed by atoms with Crippen LogP contribution in [0.5, 0.6) is 0 Å². The molecule has 1 atom stereocenters. The van der Waals surface area contributed by atoms with Gasteiger partial charge in [0, 0.05) is 20.5 Å². The molecule has 0 radical (unpaired) electrons. The molecule has 96 valence electrons. The number of amides is 1. The van der Waals surface area contributed by atoms with E-state index in [1.165, 1.54) is 3.57 Å². The maximum atomic E-state index is 12.0. The zero-order chi connectivity index (χ0) is 13.4. The highest BCUT2D eigenvalue weighted by Gasteiger charge is 2.30. The second-order valence-corrected chi connectivity index (χ2v) is 5.91. The standard InChI is InChI=1S/C15H13IN2O/c1-9-2-7-13-12(8-9)14(15(19)18-13)17-11-5-3-10(16)4-6-11/h2-8,14,17H,1H3,(H,18,19). The molecule has 1 unspecified atom stereocenters. The van der Waals surface area contributed by atoms with Crippen LogP contribution >= 0.6 is 22.6 Å². The van der Waals surface area contributed by atoms with E-state index in [2.05, 4.69) is 39.3 Å². The van der Waals surface area contributed by atoms with Crippen LogP contribution in [0, 0.1) is 10.5 Å². The molecule has 0 aromatic heterocycles. The van der Waals surface area contributed by atoms with Gasteiger partial charge in [-0.15, -0.1) is 0 Å². The Kier molecular flexibility index (Phi) is 3.18. The van der Waals surface area contributed by atoms with Gasteiger partial charge in [0.05, 0.1) is 0 Å². The van der Waals surface area contributed by atoms with Crippen LogP contribution < -0.4 is 10.6 Å². The van der Waals surface area contributed by atoms with E-state index in [1.807, 2.05) is 43.3 Å². The summed E-state index contributed by atoms with van der Waals surface area (Å²) in [6.07, 6.45) is 0. The molecule has 1 aliphatic rings. The summed E-state index contributed by atoms with van der Waals surface area (Å²) < 4.78 is 1.18. The predicted octanol–water partition coefficient (Wildman–Crippen LogP) is 3.70. The van der Waals surface area contributed by atoms with Gasteiger partial charge >= 0.3 is 0 Å². The molecule has 3 nitrogen and oxygen atoms in total. The van der Waals surface area contributed by atoms with Crippen LogP contribution in [0.2, 0.25) is 0 Å². The van der Waals surface area contributed by atoms with Gasteiger partial charge in [0.1, 0.15) is 6.04 Å². The Morgan fingerprint density at radius 2 is 1.89 bits per heavy atom. The van der Waals surface area contributed by atoms with Crippen molar-refractivity contribution >= 4 is 39.9 Å². The second-order valence-electron chi connectivity index (χ2n) is 4.66. The Balaban J connectivity index is 1.91. The fraction of sp³-hybridized carbons (Fsp3) is 0.133. The summed E-state index contributed by atoms with van der Waals surface area (Å²) >= 11 is 2.26. The Morgan fingerprint density at radius 1 is 1.16 bits per heavy atom. The molecule has 4 heteroatoms. The molecule has 2 aromatic rings. The molecule has 0 bridgehead atoms. The summed E-state index contributed by atoms with van der Waals surface area (Å²) in [5, 5.41) is 6.19. The summed E-state index contributed by atoms with van der Waals surface area (Å²) in [5.74, 6) is -0.000787. The van der Waals surface area contributed by atoms with Gasteiger partial charge in [-0.05, 0) is 59.8 Å². The fourth-order valence-electron chi connectivity index (χ4n) is 2.24. The van der Waals surface area contributed by atoms with Crippen LogP contribution in [0.1, 0.15) is 17.2 Å². The van der Waals surface area contributed by atoms with Crippen molar-refractivity contribution in [2.75, 3.05) is 10.6 Å². The fourth-order valence-corrected chi connectivity index (χ4v) is 2.60. The SMILES string of the molecule is Cc1ccc2c(c1)C(Nc1ccc(I)cc1)C(=O)N2. The lowest BCUT2D eigenvalue weighted by molar-refractivity contribution is -0.116. The minimum Gasteiger partial charge on any atom is -0.370 e. The van der Waals surface area contributed by atoms with E-state index in [9.17, 15) is 4.79 Å². The van der Waals surface area contributed by atoms with E-state index in [-0.39, 0.29) is 11.9 Å². The van der Waals surface area contributed by atoms with Crippen LogP contribution in [-0.2, 0) is 4.79 Å². The smallest absolute Gasteiger partial charge is 0.251 e. The van der Waals surface area contributed by atoms with Gasteiger partial charge in [-0.2, -0.15) is 0 Å².